The van der Waals surface area contributed by atoms with Crippen LogP contribution in [0, 0.1) is 6.92 Å². The molecule has 0 aliphatic carbocycles. The predicted octanol–water partition coefficient (Wildman–Crippen LogP) is 3.86. The molecule has 2 aromatic rings. The first kappa shape index (κ1) is 15.1. The van der Waals surface area contributed by atoms with E-state index in [1.807, 2.05) is 12.1 Å². The Morgan fingerprint density at radius 3 is 2.62 bits per heavy atom. The van der Waals surface area contributed by atoms with Gasteiger partial charge in [-0.1, -0.05) is 24.3 Å². The summed E-state index contributed by atoms with van der Waals surface area (Å²) in [5, 5.41) is 3.37. The summed E-state index contributed by atoms with van der Waals surface area (Å²) in [6, 6.07) is 14.0. The summed E-state index contributed by atoms with van der Waals surface area (Å²) < 4.78 is 5.27. The lowest BCUT2D eigenvalue weighted by Gasteiger charge is -2.11. The number of benzene rings is 2. The lowest BCUT2D eigenvalue weighted by atomic mass is 10.1. The molecule has 0 saturated heterocycles. The van der Waals surface area contributed by atoms with Crippen LogP contribution in [-0.2, 0) is 6.42 Å². The van der Waals surface area contributed by atoms with Crippen molar-refractivity contribution in [2.24, 2.45) is 0 Å². The topological polar surface area (TPSA) is 38.3 Å². The van der Waals surface area contributed by atoms with Crippen LogP contribution < -0.4 is 10.1 Å². The maximum absolute atomic E-state index is 11.5. The molecular formula is C18H21NO2. The Morgan fingerprint density at radius 2 is 1.95 bits per heavy atom. The quantitative estimate of drug-likeness (QED) is 0.818. The molecule has 0 aliphatic heterocycles. The summed E-state index contributed by atoms with van der Waals surface area (Å²) in [4.78, 5) is 11.5. The number of Topliss-reactive ketones (excluding diaryl/α,β-unsaturated/α-hetero) is 1. The minimum absolute atomic E-state index is 0.0123. The van der Waals surface area contributed by atoms with E-state index in [0.29, 0.717) is 11.3 Å². The van der Waals surface area contributed by atoms with Crippen LogP contribution in [0.4, 0.5) is 5.69 Å². The van der Waals surface area contributed by atoms with Gasteiger partial charge in [0.25, 0.3) is 0 Å². The van der Waals surface area contributed by atoms with E-state index in [2.05, 4.69) is 36.5 Å². The number of carbonyl (C=O) groups is 1. The van der Waals surface area contributed by atoms with Crippen LogP contribution in [0.15, 0.2) is 42.5 Å². The molecule has 0 atom stereocenters. The van der Waals surface area contributed by atoms with E-state index >= 15 is 0 Å². The third-order valence-electron chi connectivity index (χ3n) is 3.57. The van der Waals surface area contributed by atoms with Gasteiger partial charge < -0.3 is 10.1 Å². The molecular weight excluding hydrogens is 262 g/mol. The standard InChI is InChI=1S/C18H21NO2/c1-13-6-4-5-7-15(13)10-11-19-16-8-9-17(14(2)20)18(12-16)21-3/h4-9,12,19H,10-11H2,1-3H3. The largest absolute Gasteiger partial charge is 0.496 e. The Labute approximate surface area is 126 Å². The number of ether oxygens (including phenoxy) is 1. The van der Waals surface area contributed by atoms with E-state index in [0.717, 1.165) is 18.7 Å². The number of rotatable bonds is 6. The maximum atomic E-state index is 11.5. The zero-order valence-electron chi connectivity index (χ0n) is 12.8. The Bertz CT molecular complexity index is 635. The molecule has 0 spiro atoms. The normalized spacial score (nSPS) is 10.2. The van der Waals surface area contributed by atoms with E-state index in [4.69, 9.17) is 4.74 Å². The molecule has 3 heteroatoms. The molecule has 1 N–H and O–H groups in total. The van der Waals surface area contributed by atoms with Crippen molar-refractivity contribution in [2.75, 3.05) is 19.0 Å². The average Bonchev–Trinajstić information content (AvgIpc) is 2.48. The van der Waals surface area contributed by atoms with Gasteiger partial charge in [0.2, 0.25) is 0 Å². The minimum Gasteiger partial charge on any atom is -0.496 e. The predicted molar refractivity (Wildman–Crippen MR) is 86.4 cm³/mol. The molecule has 2 aromatic carbocycles. The van der Waals surface area contributed by atoms with Gasteiger partial charge in [-0.3, -0.25) is 4.79 Å². The Balaban J connectivity index is 2.01. The summed E-state index contributed by atoms with van der Waals surface area (Å²) in [5.74, 6) is 0.627. The molecule has 3 nitrogen and oxygen atoms in total. The summed E-state index contributed by atoms with van der Waals surface area (Å²) in [6.07, 6.45) is 0.962. The smallest absolute Gasteiger partial charge is 0.163 e. The number of carbonyl (C=O) groups excluding carboxylic acids is 1. The monoisotopic (exact) mass is 283 g/mol. The van der Waals surface area contributed by atoms with E-state index in [1.54, 1.807) is 20.1 Å². The van der Waals surface area contributed by atoms with Gasteiger partial charge in [0.15, 0.2) is 5.78 Å². The van der Waals surface area contributed by atoms with Gasteiger partial charge >= 0.3 is 0 Å². The molecule has 0 fully saturated rings. The minimum atomic E-state index is 0.0123. The SMILES string of the molecule is COc1cc(NCCc2ccccc2C)ccc1C(C)=O. The summed E-state index contributed by atoms with van der Waals surface area (Å²) in [7, 11) is 1.58. The first-order valence-corrected chi connectivity index (χ1v) is 7.09. The van der Waals surface area contributed by atoms with Crippen LogP contribution in [0.1, 0.15) is 28.4 Å². The van der Waals surface area contributed by atoms with Gasteiger partial charge in [-0.25, -0.2) is 0 Å². The third kappa shape index (κ3) is 3.85. The van der Waals surface area contributed by atoms with E-state index in [-0.39, 0.29) is 5.78 Å². The molecule has 0 saturated carbocycles. The van der Waals surface area contributed by atoms with Crippen LogP contribution in [0.25, 0.3) is 0 Å². The Morgan fingerprint density at radius 1 is 1.19 bits per heavy atom. The van der Waals surface area contributed by atoms with Gasteiger partial charge in [-0.15, -0.1) is 0 Å². The highest BCUT2D eigenvalue weighted by Gasteiger charge is 2.08. The number of nitrogens with one attached hydrogen (secondary N) is 1. The molecule has 0 aliphatic rings. The molecule has 0 bridgehead atoms. The van der Waals surface area contributed by atoms with Crippen LogP contribution >= 0.6 is 0 Å². The van der Waals surface area contributed by atoms with E-state index < -0.39 is 0 Å². The van der Waals surface area contributed by atoms with Crippen molar-refractivity contribution in [1.29, 1.82) is 0 Å². The number of anilines is 1. The van der Waals surface area contributed by atoms with Gasteiger partial charge in [0.1, 0.15) is 5.75 Å². The molecule has 21 heavy (non-hydrogen) atoms. The van der Waals surface area contributed by atoms with Crippen LogP contribution in [0.2, 0.25) is 0 Å². The van der Waals surface area contributed by atoms with Crippen molar-refractivity contribution in [3.05, 3.63) is 59.2 Å². The fourth-order valence-corrected chi connectivity index (χ4v) is 2.32. The highest BCUT2D eigenvalue weighted by atomic mass is 16.5. The highest BCUT2D eigenvalue weighted by Crippen LogP contribution is 2.23. The molecule has 0 heterocycles. The summed E-state index contributed by atoms with van der Waals surface area (Å²) in [5.41, 5.74) is 4.23. The van der Waals surface area contributed by atoms with Gasteiger partial charge in [-0.05, 0) is 43.5 Å². The second kappa shape index (κ2) is 6.93. The first-order chi connectivity index (χ1) is 10.1. The molecule has 0 amide bonds. The summed E-state index contributed by atoms with van der Waals surface area (Å²) in [6.45, 7) is 4.51. The molecule has 0 unspecified atom stereocenters. The van der Waals surface area contributed by atoms with Gasteiger partial charge in [0, 0.05) is 18.3 Å². The second-order valence-electron chi connectivity index (χ2n) is 5.07. The molecule has 0 radical (unpaired) electrons. The number of methoxy groups -OCH3 is 1. The maximum Gasteiger partial charge on any atom is 0.163 e. The van der Waals surface area contributed by atoms with Crippen molar-refractivity contribution >= 4 is 11.5 Å². The van der Waals surface area contributed by atoms with Crippen molar-refractivity contribution < 1.29 is 9.53 Å². The molecule has 2 rings (SSSR count). The van der Waals surface area contributed by atoms with Crippen molar-refractivity contribution in [1.82, 2.24) is 0 Å². The second-order valence-corrected chi connectivity index (χ2v) is 5.07. The highest BCUT2D eigenvalue weighted by molar-refractivity contribution is 5.97. The van der Waals surface area contributed by atoms with Crippen LogP contribution in [0.3, 0.4) is 0 Å². The number of aryl methyl sites for hydroxylation is 1. The summed E-state index contributed by atoms with van der Waals surface area (Å²) >= 11 is 0. The zero-order chi connectivity index (χ0) is 15.2. The Kier molecular flexibility index (Phi) is 4.99. The lowest BCUT2D eigenvalue weighted by Crippen LogP contribution is -2.06. The average molecular weight is 283 g/mol. The van der Waals surface area contributed by atoms with E-state index in [1.165, 1.54) is 11.1 Å². The fourth-order valence-electron chi connectivity index (χ4n) is 2.32. The first-order valence-electron chi connectivity index (χ1n) is 7.09. The van der Waals surface area contributed by atoms with Crippen LogP contribution in [0.5, 0.6) is 5.75 Å². The fraction of sp³-hybridized carbons (Fsp3) is 0.278. The zero-order valence-corrected chi connectivity index (χ0v) is 12.8. The van der Waals surface area contributed by atoms with Gasteiger partial charge in [0.05, 0.1) is 12.7 Å². The van der Waals surface area contributed by atoms with Crippen molar-refractivity contribution in [3.63, 3.8) is 0 Å². The Hall–Kier alpha value is -2.29. The third-order valence-corrected chi connectivity index (χ3v) is 3.57. The van der Waals surface area contributed by atoms with Crippen LogP contribution in [-0.4, -0.2) is 19.4 Å². The van der Waals surface area contributed by atoms with Crippen molar-refractivity contribution in [3.8, 4) is 5.75 Å². The number of hydrogen-bond donors (Lipinski definition) is 1. The number of ketones is 1. The molecule has 110 valence electrons. The van der Waals surface area contributed by atoms with E-state index in [9.17, 15) is 4.79 Å². The lowest BCUT2D eigenvalue weighted by molar-refractivity contribution is 0.101. The molecule has 0 aromatic heterocycles. The number of hydrogen-bond acceptors (Lipinski definition) is 3. The van der Waals surface area contributed by atoms with Crippen molar-refractivity contribution in [2.45, 2.75) is 20.3 Å². The van der Waals surface area contributed by atoms with Gasteiger partial charge in [-0.2, -0.15) is 0 Å².